The Labute approximate surface area is 320 Å². The van der Waals surface area contributed by atoms with Gasteiger partial charge in [0.15, 0.2) is 12.0 Å². The fraction of sp³-hybridized carbons (Fsp3) is 0.488. The van der Waals surface area contributed by atoms with Gasteiger partial charge in [-0.25, -0.2) is 4.79 Å². The quantitative estimate of drug-likeness (QED) is 0.131. The molecule has 4 aliphatic rings. The Morgan fingerprint density at radius 1 is 0.964 bits per heavy atom. The number of aromatic nitrogens is 1. The van der Waals surface area contributed by atoms with E-state index >= 15 is 0 Å². The van der Waals surface area contributed by atoms with Crippen LogP contribution in [0, 0.1) is 22.7 Å². The third-order valence-electron chi connectivity index (χ3n) is 13.4. The minimum Gasteiger partial charge on any atom is -0.455 e. The number of nitrogens with zero attached hydrogens (tertiary/aromatic N) is 1. The van der Waals surface area contributed by atoms with Gasteiger partial charge in [0.1, 0.15) is 30.9 Å². The number of carbonyl (C=O) groups is 3. The summed E-state index contributed by atoms with van der Waals surface area (Å²) >= 11 is 0. The van der Waals surface area contributed by atoms with E-state index in [1.54, 1.807) is 125 Å². The van der Waals surface area contributed by atoms with Gasteiger partial charge < -0.3 is 40.0 Å². The van der Waals surface area contributed by atoms with Crippen molar-refractivity contribution < 1.29 is 53.6 Å². The van der Waals surface area contributed by atoms with Crippen molar-refractivity contribution in [2.24, 2.45) is 29.7 Å². The summed E-state index contributed by atoms with van der Waals surface area (Å²) in [5, 5.41) is 51.7. The zero-order valence-corrected chi connectivity index (χ0v) is 32.0. The molecule has 2 bridgehead atoms. The molecule has 12 heteroatoms. The fourth-order valence-electron chi connectivity index (χ4n) is 10.1. The highest BCUT2D eigenvalue weighted by Gasteiger charge is 2.74. The Morgan fingerprint density at radius 2 is 1.60 bits per heavy atom. The minimum atomic E-state index is -1.79. The normalized spacial score (nSPS) is 34.8. The maximum Gasteiger partial charge on any atom is 0.368 e. The van der Waals surface area contributed by atoms with Crippen LogP contribution in [0.25, 0.3) is 0 Å². The number of hydrogen-bond donors (Lipinski definition) is 5. The lowest BCUT2D eigenvalue weighted by molar-refractivity contribution is -0.677. The fourth-order valence-corrected chi connectivity index (χ4v) is 10.1. The number of ether oxygens (including phenoxy) is 3. The summed E-state index contributed by atoms with van der Waals surface area (Å²) in [6.07, 6.45) is -4.85. The van der Waals surface area contributed by atoms with Gasteiger partial charge in [-0.2, -0.15) is 4.57 Å². The monoisotopic (exact) mass is 755 g/mol. The second kappa shape index (κ2) is 13.9. The molecule has 2 aromatic carbocycles. The predicted molar refractivity (Wildman–Crippen MR) is 198 cm³/mol. The standard InChI is InChI=1S/C43H50N2O10/c1-24-28(22-43(52)25(2)36-41(5,29(46)21-30-42(36,51)23-53-30)37(48)34(47)32(24)40(43,3)4)54-39(50)35(55-31-19-13-14-20-45(31)6)33(26-15-9-7-10-16-26)44-38(49)27-17-11-8-12-18-27/h7-20,25,28-30,33-36,46-47,51-52H,21-23H2,1-6H3/p+1/t25-,28?,29?,30?,33?,34?,35?,36?,41+,42?,43?/m0/s1. The largest absolute Gasteiger partial charge is 0.455 e. The SMILES string of the molecule is CC1=C2C(O)C(=O)[C@]3(C)C(O)CC4OCC4(O)C3[C@H](C)C(O)(CC1OC(=O)C(Oc1cccc[n+]1C)C(NC(=O)c1ccccc1)c1ccccc1)C2(C)C. The minimum absolute atomic E-state index is 0.00127. The summed E-state index contributed by atoms with van der Waals surface area (Å²) < 4.78 is 20.2. The molecule has 2 heterocycles. The molecule has 5 N–H and O–H groups in total. The van der Waals surface area contributed by atoms with Gasteiger partial charge >= 0.3 is 11.8 Å². The molecular weight excluding hydrogens is 704 g/mol. The third kappa shape index (κ3) is 6.01. The topological polar surface area (TPSA) is 176 Å². The molecular formula is C43H51N2O10+. The molecule has 3 aromatic rings. The maximum atomic E-state index is 14.8. The Balaban J connectivity index is 1.32. The number of pyridine rings is 1. The molecule has 3 fully saturated rings. The summed E-state index contributed by atoms with van der Waals surface area (Å²) in [5.74, 6) is -3.58. The van der Waals surface area contributed by atoms with E-state index in [1.807, 2.05) is 6.07 Å². The first-order chi connectivity index (χ1) is 26.0. The van der Waals surface area contributed by atoms with Crippen molar-refractivity contribution in [1.82, 2.24) is 5.32 Å². The zero-order chi connectivity index (χ0) is 39.7. The molecule has 292 valence electrons. The Morgan fingerprint density at radius 3 is 2.22 bits per heavy atom. The van der Waals surface area contributed by atoms with Crippen molar-refractivity contribution in [3.05, 3.63) is 107 Å². The third-order valence-corrected chi connectivity index (χ3v) is 13.4. The van der Waals surface area contributed by atoms with E-state index in [-0.39, 0.29) is 25.0 Å². The highest BCUT2D eigenvalue weighted by atomic mass is 16.6. The smallest absolute Gasteiger partial charge is 0.368 e. The van der Waals surface area contributed by atoms with Crippen molar-refractivity contribution in [2.45, 2.75) is 95.2 Å². The number of ketones is 1. The predicted octanol–water partition coefficient (Wildman–Crippen LogP) is 2.92. The molecule has 1 amide bonds. The van der Waals surface area contributed by atoms with Crippen molar-refractivity contribution in [2.75, 3.05) is 6.61 Å². The maximum absolute atomic E-state index is 14.8. The molecule has 0 spiro atoms. The lowest BCUT2D eigenvalue weighted by atomic mass is 9.43. The molecule has 1 aliphatic heterocycles. The number of carbonyl (C=O) groups excluding carboxylic acids is 3. The highest BCUT2D eigenvalue weighted by molar-refractivity contribution is 5.95. The van der Waals surface area contributed by atoms with Gasteiger partial charge in [-0.05, 0) is 54.7 Å². The van der Waals surface area contributed by atoms with Crippen molar-refractivity contribution in [1.29, 1.82) is 0 Å². The van der Waals surface area contributed by atoms with Crippen LogP contribution in [0.4, 0.5) is 0 Å². The van der Waals surface area contributed by atoms with Crippen LogP contribution in [-0.4, -0.2) is 86.4 Å². The summed E-state index contributed by atoms with van der Waals surface area (Å²) in [7, 11) is 1.75. The van der Waals surface area contributed by atoms with E-state index in [0.717, 1.165) is 0 Å². The van der Waals surface area contributed by atoms with Crippen molar-refractivity contribution in [3.8, 4) is 5.88 Å². The number of rotatable bonds is 8. The molecule has 1 aromatic heterocycles. The number of aryl methyl sites for hydroxylation is 1. The molecule has 0 radical (unpaired) electrons. The van der Waals surface area contributed by atoms with Crippen LogP contribution < -0.4 is 14.6 Å². The van der Waals surface area contributed by atoms with Crippen LogP contribution in [0.5, 0.6) is 5.88 Å². The number of esters is 1. The number of nitrogens with one attached hydrogen (secondary N) is 1. The number of Topliss-reactive ketones (excluding diaryl/α,β-unsaturated/α-hetero) is 1. The number of aliphatic hydroxyl groups is 4. The van der Waals surface area contributed by atoms with E-state index in [0.29, 0.717) is 22.6 Å². The number of benzene rings is 2. The van der Waals surface area contributed by atoms with E-state index in [2.05, 4.69) is 5.32 Å². The second-order valence-corrected chi connectivity index (χ2v) is 16.5. The molecule has 12 nitrogen and oxygen atoms in total. The summed E-state index contributed by atoms with van der Waals surface area (Å²) in [6.45, 7) is 8.34. The van der Waals surface area contributed by atoms with Crippen molar-refractivity contribution in [3.63, 3.8) is 0 Å². The van der Waals surface area contributed by atoms with E-state index in [1.165, 1.54) is 0 Å². The van der Waals surface area contributed by atoms with Gasteiger partial charge in [0.2, 0.25) is 6.10 Å². The van der Waals surface area contributed by atoms with E-state index in [4.69, 9.17) is 14.2 Å². The number of fused-ring (bicyclic) bond motifs is 5. The van der Waals surface area contributed by atoms with Crippen molar-refractivity contribution >= 4 is 17.7 Å². The highest BCUT2D eigenvalue weighted by Crippen LogP contribution is 2.64. The van der Waals surface area contributed by atoms with Gasteiger partial charge in [0.25, 0.3) is 5.91 Å². The summed E-state index contributed by atoms with van der Waals surface area (Å²) in [6, 6.07) is 21.7. The summed E-state index contributed by atoms with van der Waals surface area (Å²) in [4.78, 5) is 43.1. The molecule has 55 heavy (non-hydrogen) atoms. The van der Waals surface area contributed by atoms with Gasteiger partial charge in [-0.1, -0.05) is 69.3 Å². The Kier molecular flexibility index (Phi) is 9.83. The lowest BCUT2D eigenvalue weighted by Gasteiger charge is -2.67. The first-order valence-corrected chi connectivity index (χ1v) is 18.9. The Bertz CT molecular complexity index is 2000. The van der Waals surface area contributed by atoms with Crippen LogP contribution in [0.1, 0.15) is 69.4 Å². The first-order valence-electron chi connectivity index (χ1n) is 18.9. The van der Waals surface area contributed by atoms with E-state index in [9.17, 15) is 34.8 Å². The van der Waals surface area contributed by atoms with Crippen LogP contribution in [0.2, 0.25) is 0 Å². The van der Waals surface area contributed by atoms with Gasteiger partial charge in [0.05, 0.1) is 35.9 Å². The van der Waals surface area contributed by atoms with Crippen LogP contribution in [0.15, 0.2) is 96.2 Å². The van der Waals surface area contributed by atoms with Crippen LogP contribution in [0.3, 0.4) is 0 Å². The number of hydrogen-bond acceptors (Lipinski definition) is 10. The van der Waals surface area contributed by atoms with Crippen LogP contribution >= 0.6 is 0 Å². The van der Waals surface area contributed by atoms with Gasteiger partial charge in [-0.15, -0.1) is 0 Å². The zero-order valence-electron chi connectivity index (χ0n) is 32.0. The average molecular weight is 756 g/mol. The lowest BCUT2D eigenvalue weighted by Crippen LogP contribution is -2.78. The second-order valence-electron chi connectivity index (χ2n) is 16.5. The van der Waals surface area contributed by atoms with E-state index < -0.39 is 88.1 Å². The van der Waals surface area contributed by atoms with Gasteiger partial charge in [-0.3, -0.25) is 9.59 Å². The average Bonchev–Trinajstić information content (AvgIpc) is 3.16. The molecule has 1 saturated heterocycles. The Hall–Kier alpha value is -4.46. The van der Waals surface area contributed by atoms with Crippen LogP contribution in [-0.2, 0) is 26.1 Å². The number of aliphatic hydroxyl groups excluding tert-OH is 2. The molecule has 9 unspecified atom stereocenters. The van der Waals surface area contributed by atoms with Gasteiger partial charge in [0, 0.05) is 35.8 Å². The molecule has 7 rings (SSSR count). The first kappa shape index (κ1) is 38.8. The molecule has 2 saturated carbocycles. The summed E-state index contributed by atoms with van der Waals surface area (Å²) in [5.41, 5.74) is -4.73. The number of amides is 1. The molecule has 3 aliphatic carbocycles. The molecule has 11 atom stereocenters.